The monoisotopic (exact) mass is 331 g/mol. The Balaban J connectivity index is 1.94. The van der Waals surface area contributed by atoms with Gasteiger partial charge in [-0.25, -0.2) is 18.2 Å². The Hall–Kier alpha value is -3.09. The average molecular weight is 331 g/mol. The first-order valence-electron chi connectivity index (χ1n) is 6.99. The Morgan fingerprint density at radius 3 is 2.38 bits per heavy atom. The van der Waals surface area contributed by atoms with Crippen molar-refractivity contribution in [1.82, 2.24) is 9.55 Å². The SMILES string of the molecule is Cn1cnc(-c2ccc(F)cc2)c1NC(=O)c1ccc(F)cc1F. The van der Waals surface area contributed by atoms with E-state index in [9.17, 15) is 18.0 Å². The summed E-state index contributed by atoms with van der Waals surface area (Å²) in [4.78, 5) is 16.4. The molecule has 0 radical (unpaired) electrons. The lowest BCUT2D eigenvalue weighted by atomic mass is 10.1. The molecular weight excluding hydrogens is 319 g/mol. The van der Waals surface area contributed by atoms with Gasteiger partial charge < -0.3 is 9.88 Å². The van der Waals surface area contributed by atoms with Crippen molar-refractivity contribution in [2.24, 2.45) is 7.05 Å². The van der Waals surface area contributed by atoms with Gasteiger partial charge in [0.05, 0.1) is 11.9 Å². The fraction of sp³-hybridized carbons (Fsp3) is 0.0588. The zero-order chi connectivity index (χ0) is 17.3. The maximum absolute atomic E-state index is 13.7. The first-order chi connectivity index (χ1) is 11.5. The van der Waals surface area contributed by atoms with Crippen LogP contribution in [-0.4, -0.2) is 15.5 Å². The molecule has 1 aromatic heterocycles. The van der Waals surface area contributed by atoms with E-state index in [1.54, 1.807) is 7.05 Å². The van der Waals surface area contributed by atoms with Crippen LogP contribution in [0.25, 0.3) is 11.3 Å². The van der Waals surface area contributed by atoms with Crippen molar-refractivity contribution in [2.75, 3.05) is 5.32 Å². The number of benzene rings is 2. The van der Waals surface area contributed by atoms with Crippen LogP contribution in [0.5, 0.6) is 0 Å². The smallest absolute Gasteiger partial charge is 0.259 e. The van der Waals surface area contributed by atoms with Gasteiger partial charge >= 0.3 is 0 Å². The predicted molar refractivity (Wildman–Crippen MR) is 82.9 cm³/mol. The summed E-state index contributed by atoms with van der Waals surface area (Å²) in [5.74, 6) is -2.54. The molecule has 0 saturated carbocycles. The molecular formula is C17H12F3N3O. The zero-order valence-corrected chi connectivity index (χ0v) is 12.6. The molecule has 0 saturated heterocycles. The summed E-state index contributed by atoms with van der Waals surface area (Å²) in [6, 6.07) is 8.29. The normalized spacial score (nSPS) is 10.7. The zero-order valence-electron chi connectivity index (χ0n) is 12.6. The number of imidazole rings is 1. The number of aromatic nitrogens is 2. The number of rotatable bonds is 3. The Morgan fingerprint density at radius 2 is 1.71 bits per heavy atom. The van der Waals surface area contributed by atoms with Crippen LogP contribution in [0.15, 0.2) is 48.8 Å². The highest BCUT2D eigenvalue weighted by molar-refractivity contribution is 6.05. The van der Waals surface area contributed by atoms with Crippen molar-refractivity contribution in [3.8, 4) is 11.3 Å². The molecule has 1 N–H and O–H groups in total. The molecule has 122 valence electrons. The average Bonchev–Trinajstić information content (AvgIpc) is 2.89. The topological polar surface area (TPSA) is 46.9 Å². The minimum absolute atomic E-state index is 0.289. The molecule has 4 nitrogen and oxygen atoms in total. The van der Waals surface area contributed by atoms with Crippen LogP contribution in [0.2, 0.25) is 0 Å². The minimum atomic E-state index is -0.960. The van der Waals surface area contributed by atoms with Gasteiger partial charge in [0.2, 0.25) is 0 Å². The van der Waals surface area contributed by atoms with E-state index in [-0.39, 0.29) is 5.56 Å². The third kappa shape index (κ3) is 3.01. The second-order valence-electron chi connectivity index (χ2n) is 5.14. The quantitative estimate of drug-likeness (QED) is 0.794. The van der Waals surface area contributed by atoms with Gasteiger partial charge in [-0.3, -0.25) is 4.79 Å². The molecule has 7 heteroatoms. The summed E-state index contributed by atoms with van der Waals surface area (Å²) >= 11 is 0. The molecule has 3 rings (SSSR count). The fourth-order valence-corrected chi connectivity index (χ4v) is 2.25. The standard InChI is InChI=1S/C17H12F3N3O/c1-23-9-21-15(10-2-4-11(18)5-3-10)16(23)22-17(24)13-7-6-12(19)8-14(13)20/h2-9H,1H3,(H,22,24). The van der Waals surface area contributed by atoms with E-state index < -0.39 is 23.4 Å². The molecule has 0 spiro atoms. The molecule has 0 fully saturated rings. The van der Waals surface area contributed by atoms with Crippen LogP contribution in [0.4, 0.5) is 19.0 Å². The number of nitrogens with zero attached hydrogens (tertiary/aromatic N) is 2. The molecule has 24 heavy (non-hydrogen) atoms. The lowest BCUT2D eigenvalue weighted by Gasteiger charge is -2.09. The third-order valence-electron chi connectivity index (χ3n) is 3.46. The van der Waals surface area contributed by atoms with E-state index in [0.29, 0.717) is 23.1 Å². The van der Waals surface area contributed by atoms with E-state index in [2.05, 4.69) is 10.3 Å². The number of aryl methyl sites for hydroxylation is 1. The molecule has 1 amide bonds. The van der Waals surface area contributed by atoms with E-state index in [0.717, 1.165) is 12.1 Å². The van der Waals surface area contributed by atoms with E-state index in [4.69, 9.17) is 0 Å². The van der Waals surface area contributed by atoms with Crippen molar-refractivity contribution in [1.29, 1.82) is 0 Å². The van der Waals surface area contributed by atoms with Gasteiger partial charge in [0.1, 0.15) is 29.0 Å². The largest absolute Gasteiger partial charge is 0.320 e. The third-order valence-corrected chi connectivity index (χ3v) is 3.46. The second kappa shape index (κ2) is 6.19. The molecule has 0 aliphatic heterocycles. The van der Waals surface area contributed by atoms with Crippen molar-refractivity contribution in [3.05, 3.63) is 71.8 Å². The van der Waals surface area contributed by atoms with Gasteiger partial charge in [-0.2, -0.15) is 0 Å². The van der Waals surface area contributed by atoms with Crippen LogP contribution < -0.4 is 5.32 Å². The number of hydrogen-bond donors (Lipinski definition) is 1. The molecule has 0 unspecified atom stereocenters. The highest BCUT2D eigenvalue weighted by Crippen LogP contribution is 2.27. The van der Waals surface area contributed by atoms with Crippen LogP contribution in [0.1, 0.15) is 10.4 Å². The number of nitrogens with one attached hydrogen (secondary N) is 1. The summed E-state index contributed by atoms with van der Waals surface area (Å²) in [6.07, 6.45) is 1.47. The maximum atomic E-state index is 13.7. The van der Waals surface area contributed by atoms with E-state index >= 15 is 0 Å². The fourth-order valence-electron chi connectivity index (χ4n) is 2.25. The Labute approximate surface area is 135 Å². The molecule has 0 aliphatic rings. The number of carbonyl (C=O) groups excluding carboxylic acids is 1. The Morgan fingerprint density at radius 1 is 1.04 bits per heavy atom. The van der Waals surface area contributed by atoms with Gasteiger partial charge in [0.25, 0.3) is 5.91 Å². The van der Waals surface area contributed by atoms with Crippen LogP contribution in [0, 0.1) is 17.5 Å². The van der Waals surface area contributed by atoms with Crippen LogP contribution >= 0.6 is 0 Å². The number of halogens is 3. The highest BCUT2D eigenvalue weighted by Gasteiger charge is 2.18. The van der Waals surface area contributed by atoms with Crippen molar-refractivity contribution in [2.45, 2.75) is 0 Å². The van der Waals surface area contributed by atoms with Gasteiger partial charge in [-0.05, 0) is 36.4 Å². The second-order valence-corrected chi connectivity index (χ2v) is 5.14. The van der Waals surface area contributed by atoms with Gasteiger partial charge in [0.15, 0.2) is 0 Å². The van der Waals surface area contributed by atoms with Crippen molar-refractivity contribution >= 4 is 11.7 Å². The summed E-state index contributed by atoms with van der Waals surface area (Å²) in [7, 11) is 1.65. The molecule has 3 aromatic rings. The van der Waals surface area contributed by atoms with E-state index in [1.165, 1.54) is 35.2 Å². The van der Waals surface area contributed by atoms with Crippen LogP contribution in [0.3, 0.4) is 0 Å². The first-order valence-corrected chi connectivity index (χ1v) is 6.99. The van der Waals surface area contributed by atoms with Crippen molar-refractivity contribution in [3.63, 3.8) is 0 Å². The van der Waals surface area contributed by atoms with Crippen molar-refractivity contribution < 1.29 is 18.0 Å². The highest BCUT2D eigenvalue weighted by atomic mass is 19.1. The minimum Gasteiger partial charge on any atom is -0.320 e. The molecule has 1 heterocycles. The Kier molecular flexibility index (Phi) is 4.07. The Bertz CT molecular complexity index is 904. The first kappa shape index (κ1) is 15.8. The number of anilines is 1. The predicted octanol–water partition coefficient (Wildman–Crippen LogP) is 3.76. The summed E-state index contributed by atoms with van der Waals surface area (Å²) < 4.78 is 41.3. The maximum Gasteiger partial charge on any atom is 0.259 e. The summed E-state index contributed by atoms with van der Waals surface area (Å²) in [5, 5.41) is 2.55. The lowest BCUT2D eigenvalue weighted by molar-refractivity contribution is 0.102. The van der Waals surface area contributed by atoms with E-state index in [1.807, 2.05) is 0 Å². The summed E-state index contributed by atoms with van der Waals surface area (Å²) in [5.41, 5.74) is 0.711. The molecule has 0 atom stereocenters. The summed E-state index contributed by atoms with van der Waals surface area (Å²) in [6.45, 7) is 0. The molecule has 0 bridgehead atoms. The van der Waals surface area contributed by atoms with Gasteiger partial charge in [-0.15, -0.1) is 0 Å². The molecule has 0 aliphatic carbocycles. The van der Waals surface area contributed by atoms with Gasteiger partial charge in [-0.1, -0.05) is 0 Å². The number of carbonyl (C=O) groups is 1. The number of hydrogen-bond acceptors (Lipinski definition) is 2. The molecule has 2 aromatic carbocycles. The number of amides is 1. The van der Waals surface area contributed by atoms with Crippen LogP contribution in [-0.2, 0) is 7.05 Å². The van der Waals surface area contributed by atoms with Gasteiger partial charge in [0, 0.05) is 18.7 Å². The lowest BCUT2D eigenvalue weighted by Crippen LogP contribution is -2.16.